The molecule has 4 heteroatoms. The number of hydrogen-bond acceptors (Lipinski definition) is 2. The van der Waals surface area contributed by atoms with Crippen LogP contribution >= 0.6 is 11.6 Å². The minimum absolute atomic E-state index is 0.0491. The van der Waals surface area contributed by atoms with Gasteiger partial charge in [-0.05, 0) is 41.2 Å². The standard InChI is InChI=1S/C21H25ClN2O/c1-15(2)13-20-21(25)23-11-12-24(20)14-17-5-3-4-6-19(17)16-7-9-18(22)10-8-16/h3-10,15,20H,11-14H2,1-2H3,(H,23,25). The van der Waals surface area contributed by atoms with E-state index in [9.17, 15) is 4.79 Å². The highest BCUT2D eigenvalue weighted by Crippen LogP contribution is 2.27. The van der Waals surface area contributed by atoms with Crippen molar-refractivity contribution in [1.82, 2.24) is 10.2 Å². The van der Waals surface area contributed by atoms with Gasteiger partial charge in [0.25, 0.3) is 0 Å². The van der Waals surface area contributed by atoms with Crippen molar-refractivity contribution in [2.45, 2.75) is 32.9 Å². The van der Waals surface area contributed by atoms with Gasteiger partial charge in [-0.3, -0.25) is 9.69 Å². The highest BCUT2D eigenvalue weighted by atomic mass is 35.5. The lowest BCUT2D eigenvalue weighted by atomic mass is 9.96. The second kappa shape index (κ2) is 8.03. The molecule has 0 spiro atoms. The molecule has 1 aliphatic rings. The van der Waals surface area contributed by atoms with Crippen LogP contribution in [0.4, 0.5) is 0 Å². The molecule has 1 N–H and O–H groups in total. The summed E-state index contributed by atoms with van der Waals surface area (Å²) in [5, 5.41) is 3.75. The summed E-state index contributed by atoms with van der Waals surface area (Å²) < 4.78 is 0. The molecule has 1 unspecified atom stereocenters. The summed E-state index contributed by atoms with van der Waals surface area (Å²) in [5.41, 5.74) is 3.60. The maximum Gasteiger partial charge on any atom is 0.237 e. The van der Waals surface area contributed by atoms with Crippen LogP contribution < -0.4 is 5.32 Å². The molecule has 1 amide bonds. The third kappa shape index (κ3) is 4.42. The van der Waals surface area contributed by atoms with Crippen molar-refractivity contribution in [2.75, 3.05) is 13.1 Å². The molecule has 0 saturated carbocycles. The van der Waals surface area contributed by atoms with E-state index in [1.165, 1.54) is 11.1 Å². The Morgan fingerprint density at radius 3 is 2.60 bits per heavy atom. The zero-order valence-electron chi connectivity index (χ0n) is 14.8. The average Bonchev–Trinajstić information content (AvgIpc) is 2.59. The van der Waals surface area contributed by atoms with E-state index in [4.69, 9.17) is 11.6 Å². The number of nitrogens with zero attached hydrogens (tertiary/aromatic N) is 1. The largest absolute Gasteiger partial charge is 0.353 e. The number of halogens is 1. The fraction of sp³-hybridized carbons (Fsp3) is 0.381. The van der Waals surface area contributed by atoms with E-state index in [0.29, 0.717) is 5.92 Å². The normalized spacial score (nSPS) is 18.4. The first-order valence-electron chi connectivity index (χ1n) is 8.90. The number of benzene rings is 2. The predicted molar refractivity (Wildman–Crippen MR) is 104 cm³/mol. The third-order valence-corrected chi connectivity index (χ3v) is 4.93. The van der Waals surface area contributed by atoms with Crippen molar-refractivity contribution < 1.29 is 4.79 Å². The maximum atomic E-state index is 12.4. The first kappa shape index (κ1) is 18.0. The lowest BCUT2D eigenvalue weighted by molar-refractivity contribution is -0.130. The third-order valence-electron chi connectivity index (χ3n) is 4.68. The minimum Gasteiger partial charge on any atom is -0.353 e. The highest BCUT2D eigenvalue weighted by Gasteiger charge is 2.30. The van der Waals surface area contributed by atoms with E-state index in [1.54, 1.807) is 0 Å². The minimum atomic E-state index is -0.0491. The molecule has 2 aromatic rings. The van der Waals surface area contributed by atoms with E-state index < -0.39 is 0 Å². The summed E-state index contributed by atoms with van der Waals surface area (Å²) in [6.45, 7) is 6.72. The molecular formula is C21H25ClN2O. The van der Waals surface area contributed by atoms with Crippen molar-refractivity contribution in [3.8, 4) is 11.1 Å². The van der Waals surface area contributed by atoms with Crippen LogP contribution in [0, 0.1) is 5.92 Å². The van der Waals surface area contributed by atoms with Crippen molar-refractivity contribution in [2.24, 2.45) is 5.92 Å². The van der Waals surface area contributed by atoms with Crippen molar-refractivity contribution in [3.63, 3.8) is 0 Å². The van der Waals surface area contributed by atoms with Gasteiger partial charge < -0.3 is 5.32 Å². The first-order chi connectivity index (χ1) is 12.0. The van der Waals surface area contributed by atoms with Gasteiger partial charge in [-0.2, -0.15) is 0 Å². The van der Waals surface area contributed by atoms with Crippen LogP contribution in [0.5, 0.6) is 0 Å². The van der Waals surface area contributed by atoms with Crippen LogP contribution in [0.1, 0.15) is 25.8 Å². The van der Waals surface area contributed by atoms with Gasteiger partial charge in [0.05, 0.1) is 6.04 Å². The Bertz CT molecular complexity index is 727. The molecule has 3 rings (SSSR count). The van der Waals surface area contributed by atoms with Crippen molar-refractivity contribution in [3.05, 3.63) is 59.1 Å². The summed E-state index contributed by atoms with van der Waals surface area (Å²) in [7, 11) is 0. The zero-order valence-corrected chi connectivity index (χ0v) is 15.6. The quantitative estimate of drug-likeness (QED) is 0.863. The fourth-order valence-corrected chi connectivity index (χ4v) is 3.57. The van der Waals surface area contributed by atoms with Crippen LogP contribution in [-0.2, 0) is 11.3 Å². The Hall–Kier alpha value is -1.84. The molecule has 1 atom stereocenters. The van der Waals surface area contributed by atoms with E-state index >= 15 is 0 Å². The van der Waals surface area contributed by atoms with Gasteiger partial charge in [0, 0.05) is 24.7 Å². The Morgan fingerprint density at radius 2 is 1.88 bits per heavy atom. The Morgan fingerprint density at radius 1 is 1.16 bits per heavy atom. The van der Waals surface area contributed by atoms with E-state index in [0.717, 1.165) is 36.6 Å². The van der Waals surface area contributed by atoms with Gasteiger partial charge in [0.2, 0.25) is 5.91 Å². The Kier molecular flexibility index (Phi) is 5.77. The van der Waals surface area contributed by atoms with Crippen molar-refractivity contribution in [1.29, 1.82) is 0 Å². The van der Waals surface area contributed by atoms with Gasteiger partial charge in [-0.15, -0.1) is 0 Å². The first-order valence-corrected chi connectivity index (χ1v) is 9.28. The monoisotopic (exact) mass is 356 g/mol. The van der Waals surface area contributed by atoms with E-state index in [2.05, 4.69) is 60.5 Å². The zero-order chi connectivity index (χ0) is 17.8. The second-order valence-electron chi connectivity index (χ2n) is 7.07. The van der Waals surface area contributed by atoms with Gasteiger partial charge in [-0.1, -0.05) is 61.8 Å². The Labute approximate surface area is 155 Å². The molecule has 25 heavy (non-hydrogen) atoms. The van der Waals surface area contributed by atoms with Gasteiger partial charge in [-0.25, -0.2) is 0 Å². The second-order valence-corrected chi connectivity index (χ2v) is 7.51. The topological polar surface area (TPSA) is 32.3 Å². The summed E-state index contributed by atoms with van der Waals surface area (Å²) >= 11 is 6.03. The number of amides is 1. The van der Waals surface area contributed by atoms with Crippen LogP contribution in [0.15, 0.2) is 48.5 Å². The highest BCUT2D eigenvalue weighted by molar-refractivity contribution is 6.30. The van der Waals surface area contributed by atoms with Crippen LogP contribution in [-0.4, -0.2) is 29.9 Å². The number of piperazine rings is 1. The molecule has 0 radical (unpaired) electrons. The number of rotatable bonds is 5. The molecule has 3 nitrogen and oxygen atoms in total. The smallest absolute Gasteiger partial charge is 0.237 e. The van der Waals surface area contributed by atoms with Crippen LogP contribution in [0.2, 0.25) is 5.02 Å². The molecular weight excluding hydrogens is 332 g/mol. The fourth-order valence-electron chi connectivity index (χ4n) is 3.44. The summed E-state index contributed by atoms with van der Waals surface area (Å²) in [5.74, 6) is 0.645. The number of hydrogen-bond donors (Lipinski definition) is 1. The van der Waals surface area contributed by atoms with Gasteiger partial charge in [0.1, 0.15) is 0 Å². The van der Waals surface area contributed by atoms with Crippen molar-refractivity contribution >= 4 is 17.5 Å². The molecule has 1 fully saturated rings. The van der Waals surface area contributed by atoms with E-state index in [-0.39, 0.29) is 11.9 Å². The molecule has 2 aromatic carbocycles. The summed E-state index contributed by atoms with van der Waals surface area (Å²) in [4.78, 5) is 14.7. The molecule has 1 heterocycles. The molecule has 1 aliphatic heterocycles. The number of carbonyl (C=O) groups excluding carboxylic acids is 1. The summed E-state index contributed by atoms with van der Waals surface area (Å²) in [6, 6.07) is 16.3. The molecule has 1 saturated heterocycles. The average molecular weight is 357 g/mol. The molecule has 132 valence electrons. The maximum absolute atomic E-state index is 12.4. The van der Waals surface area contributed by atoms with Gasteiger partial charge >= 0.3 is 0 Å². The SMILES string of the molecule is CC(C)CC1C(=O)NCCN1Cc1ccccc1-c1ccc(Cl)cc1. The van der Waals surface area contributed by atoms with Crippen LogP contribution in [0.3, 0.4) is 0 Å². The Balaban J connectivity index is 1.86. The van der Waals surface area contributed by atoms with E-state index in [1.807, 2.05) is 12.1 Å². The lowest BCUT2D eigenvalue weighted by Gasteiger charge is -2.36. The molecule has 0 aliphatic carbocycles. The van der Waals surface area contributed by atoms with Gasteiger partial charge in [0.15, 0.2) is 0 Å². The predicted octanol–water partition coefficient (Wildman–Crippen LogP) is 4.35. The molecule has 0 aromatic heterocycles. The summed E-state index contributed by atoms with van der Waals surface area (Å²) in [6.07, 6.45) is 0.884. The lowest BCUT2D eigenvalue weighted by Crippen LogP contribution is -2.55. The van der Waals surface area contributed by atoms with Crippen LogP contribution in [0.25, 0.3) is 11.1 Å². The number of nitrogens with one attached hydrogen (secondary N) is 1. The molecule has 0 bridgehead atoms. The number of carbonyl (C=O) groups is 1.